The van der Waals surface area contributed by atoms with E-state index >= 15 is 0 Å². The van der Waals surface area contributed by atoms with Gasteiger partial charge in [-0.25, -0.2) is 17.5 Å². The number of nitrogens with zero attached hydrogens (tertiary/aromatic N) is 1. The molecule has 1 aromatic rings. The molecule has 0 atom stereocenters. The lowest BCUT2D eigenvalue weighted by atomic mass is 10.2. The number of guanidine groups is 1. The number of hydrogen-bond acceptors (Lipinski definition) is 3. The molecule has 3 N–H and O–H groups in total. The second-order valence-electron chi connectivity index (χ2n) is 4.28. The van der Waals surface area contributed by atoms with E-state index in [1.54, 1.807) is 26.1 Å². The zero-order valence-corrected chi connectivity index (χ0v) is 15.7. The molecule has 126 valence electrons. The first kappa shape index (κ1) is 21.1. The van der Waals surface area contributed by atoms with Crippen molar-refractivity contribution in [1.82, 2.24) is 15.4 Å². The largest absolute Gasteiger partial charge is 0.355 e. The monoisotopic (exact) mass is 444 g/mol. The zero-order valence-electron chi connectivity index (χ0n) is 12.6. The molecule has 0 bridgehead atoms. The molecule has 22 heavy (non-hydrogen) atoms. The van der Waals surface area contributed by atoms with Gasteiger partial charge in [0.05, 0.1) is 5.75 Å². The maximum absolute atomic E-state index is 13.0. The lowest BCUT2D eigenvalue weighted by Crippen LogP contribution is -2.41. The molecule has 0 aromatic heterocycles. The number of sulfonamides is 1. The van der Waals surface area contributed by atoms with Crippen LogP contribution in [0, 0.1) is 5.82 Å². The standard InChI is InChI=1S/C13H21FN4O2S.HI/c1-3-21(19,20)18-8-7-16-13(15-2)17-10-11-5-4-6-12(14)9-11;/h4-6,9,18H,3,7-8,10H2,1-2H3,(H2,15,16,17);1H. The van der Waals surface area contributed by atoms with Crippen LogP contribution < -0.4 is 15.4 Å². The predicted octanol–water partition coefficient (Wildman–Crippen LogP) is 1.05. The van der Waals surface area contributed by atoms with Gasteiger partial charge < -0.3 is 10.6 Å². The first-order valence-electron chi connectivity index (χ1n) is 6.63. The van der Waals surface area contributed by atoms with Gasteiger partial charge in [0.2, 0.25) is 10.0 Å². The Balaban J connectivity index is 0.00000441. The summed E-state index contributed by atoms with van der Waals surface area (Å²) in [4.78, 5) is 4.00. The summed E-state index contributed by atoms with van der Waals surface area (Å²) in [5.74, 6) is 0.292. The minimum atomic E-state index is -3.18. The van der Waals surface area contributed by atoms with Gasteiger partial charge in [-0.3, -0.25) is 4.99 Å². The summed E-state index contributed by atoms with van der Waals surface area (Å²) in [5.41, 5.74) is 0.796. The van der Waals surface area contributed by atoms with E-state index in [0.717, 1.165) is 5.56 Å². The van der Waals surface area contributed by atoms with Gasteiger partial charge in [0, 0.05) is 26.7 Å². The van der Waals surface area contributed by atoms with Crippen molar-refractivity contribution in [3.8, 4) is 0 Å². The molecule has 1 aromatic carbocycles. The average Bonchev–Trinajstić information content (AvgIpc) is 2.46. The Morgan fingerprint density at radius 3 is 2.59 bits per heavy atom. The first-order chi connectivity index (χ1) is 9.96. The molecule has 0 saturated carbocycles. The predicted molar refractivity (Wildman–Crippen MR) is 97.5 cm³/mol. The second-order valence-corrected chi connectivity index (χ2v) is 6.38. The minimum Gasteiger partial charge on any atom is -0.355 e. The lowest BCUT2D eigenvalue weighted by molar-refractivity contribution is 0.582. The van der Waals surface area contributed by atoms with Gasteiger partial charge in [-0.1, -0.05) is 12.1 Å². The minimum absolute atomic E-state index is 0. The highest BCUT2D eigenvalue weighted by molar-refractivity contribution is 14.0. The lowest BCUT2D eigenvalue weighted by Gasteiger charge is -2.12. The summed E-state index contributed by atoms with van der Waals surface area (Å²) in [6.07, 6.45) is 0. The number of aliphatic imine (C=N–C) groups is 1. The first-order valence-corrected chi connectivity index (χ1v) is 8.28. The Kier molecular flexibility index (Phi) is 10.3. The summed E-state index contributed by atoms with van der Waals surface area (Å²) < 4.78 is 37.9. The van der Waals surface area contributed by atoms with Crippen molar-refractivity contribution in [2.24, 2.45) is 4.99 Å². The van der Waals surface area contributed by atoms with Crippen molar-refractivity contribution >= 4 is 40.0 Å². The van der Waals surface area contributed by atoms with Crippen LogP contribution in [0.15, 0.2) is 29.3 Å². The quantitative estimate of drug-likeness (QED) is 0.254. The molecule has 0 fully saturated rings. The summed E-state index contributed by atoms with van der Waals surface area (Å²) >= 11 is 0. The van der Waals surface area contributed by atoms with Crippen LogP contribution in [-0.2, 0) is 16.6 Å². The molecular formula is C13H22FIN4O2S. The highest BCUT2D eigenvalue weighted by atomic mass is 127. The van der Waals surface area contributed by atoms with Gasteiger partial charge in [-0.15, -0.1) is 24.0 Å². The smallest absolute Gasteiger partial charge is 0.211 e. The van der Waals surface area contributed by atoms with Gasteiger partial charge >= 0.3 is 0 Å². The van der Waals surface area contributed by atoms with Crippen molar-refractivity contribution in [3.05, 3.63) is 35.6 Å². The van der Waals surface area contributed by atoms with Gasteiger partial charge in [-0.05, 0) is 24.6 Å². The molecule has 0 aliphatic carbocycles. The highest BCUT2D eigenvalue weighted by Gasteiger charge is 2.05. The molecule has 1 rings (SSSR count). The van der Waals surface area contributed by atoms with Crippen molar-refractivity contribution in [2.45, 2.75) is 13.5 Å². The fourth-order valence-electron chi connectivity index (χ4n) is 1.54. The van der Waals surface area contributed by atoms with Gasteiger partial charge in [0.1, 0.15) is 5.82 Å². The van der Waals surface area contributed by atoms with Crippen LogP contribution in [0.5, 0.6) is 0 Å². The van der Waals surface area contributed by atoms with Crippen LogP contribution in [0.3, 0.4) is 0 Å². The number of benzene rings is 1. The Morgan fingerprint density at radius 2 is 2.00 bits per heavy atom. The Labute approximate surface area is 148 Å². The molecular weight excluding hydrogens is 422 g/mol. The summed E-state index contributed by atoms with van der Waals surface area (Å²) in [6.45, 7) is 2.69. The molecule has 0 aliphatic heterocycles. The average molecular weight is 444 g/mol. The fraction of sp³-hybridized carbons (Fsp3) is 0.462. The Morgan fingerprint density at radius 1 is 1.27 bits per heavy atom. The third kappa shape index (κ3) is 8.49. The molecule has 0 unspecified atom stereocenters. The number of halogens is 2. The normalized spacial score (nSPS) is 11.7. The maximum atomic E-state index is 13.0. The summed E-state index contributed by atoms with van der Waals surface area (Å²) in [6, 6.07) is 6.27. The molecule has 0 heterocycles. The van der Waals surface area contributed by atoms with Crippen LogP contribution >= 0.6 is 24.0 Å². The Bertz CT molecular complexity index is 581. The third-order valence-corrected chi connectivity index (χ3v) is 4.10. The number of nitrogens with one attached hydrogen (secondary N) is 3. The van der Waals surface area contributed by atoms with Crippen molar-refractivity contribution in [2.75, 3.05) is 25.9 Å². The van der Waals surface area contributed by atoms with Gasteiger partial charge in [0.15, 0.2) is 5.96 Å². The molecule has 0 aliphatic rings. The molecule has 0 saturated heterocycles. The van der Waals surface area contributed by atoms with Gasteiger partial charge in [-0.2, -0.15) is 0 Å². The van der Waals surface area contributed by atoms with E-state index in [1.807, 2.05) is 0 Å². The molecule has 9 heteroatoms. The molecule has 0 spiro atoms. The van der Waals surface area contributed by atoms with Crippen molar-refractivity contribution in [1.29, 1.82) is 0 Å². The van der Waals surface area contributed by atoms with E-state index in [9.17, 15) is 12.8 Å². The second kappa shape index (κ2) is 10.7. The van der Waals surface area contributed by atoms with E-state index < -0.39 is 10.0 Å². The van der Waals surface area contributed by atoms with E-state index in [-0.39, 0.29) is 42.1 Å². The zero-order chi connectivity index (χ0) is 15.7. The molecule has 6 nitrogen and oxygen atoms in total. The Hall–Kier alpha value is -0.940. The van der Waals surface area contributed by atoms with Crippen LogP contribution in [0.4, 0.5) is 4.39 Å². The molecule has 0 radical (unpaired) electrons. The van der Waals surface area contributed by atoms with E-state index in [2.05, 4.69) is 20.3 Å². The van der Waals surface area contributed by atoms with Crippen LogP contribution in [-0.4, -0.2) is 40.3 Å². The number of hydrogen-bond donors (Lipinski definition) is 3. The topological polar surface area (TPSA) is 82.6 Å². The van der Waals surface area contributed by atoms with Crippen LogP contribution in [0.1, 0.15) is 12.5 Å². The fourth-order valence-corrected chi connectivity index (χ4v) is 2.16. The van der Waals surface area contributed by atoms with Gasteiger partial charge in [0.25, 0.3) is 0 Å². The summed E-state index contributed by atoms with van der Waals surface area (Å²) in [5, 5.41) is 5.99. The van der Waals surface area contributed by atoms with E-state index in [0.29, 0.717) is 19.0 Å². The SMILES string of the molecule is CCS(=O)(=O)NCCNC(=NC)NCc1cccc(F)c1.I. The van der Waals surface area contributed by atoms with E-state index in [1.165, 1.54) is 12.1 Å². The van der Waals surface area contributed by atoms with Crippen molar-refractivity contribution in [3.63, 3.8) is 0 Å². The maximum Gasteiger partial charge on any atom is 0.211 e. The van der Waals surface area contributed by atoms with Crippen LogP contribution in [0.25, 0.3) is 0 Å². The highest BCUT2D eigenvalue weighted by Crippen LogP contribution is 2.02. The van der Waals surface area contributed by atoms with Crippen LogP contribution in [0.2, 0.25) is 0 Å². The molecule has 0 amide bonds. The third-order valence-electron chi connectivity index (χ3n) is 2.69. The van der Waals surface area contributed by atoms with E-state index in [4.69, 9.17) is 0 Å². The number of rotatable bonds is 7. The summed E-state index contributed by atoms with van der Waals surface area (Å²) in [7, 11) is -1.57. The van der Waals surface area contributed by atoms with Crippen molar-refractivity contribution < 1.29 is 12.8 Å².